The molecule has 1 saturated heterocycles. The van der Waals surface area contributed by atoms with E-state index in [4.69, 9.17) is 4.74 Å². The van der Waals surface area contributed by atoms with E-state index < -0.39 is 40.0 Å². The third kappa shape index (κ3) is 3.74. The highest BCUT2D eigenvalue weighted by atomic mass is 16.6. The summed E-state index contributed by atoms with van der Waals surface area (Å²) in [6, 6.07) is 25.0. The first-order valence-electron chi connectivity index (χ1n) is 13.8. The molecule has 3 heterocycles. The first kappa shape index (κ1) is 26.3. The molecule has 9 nitrogen and oxygen atoms in total. The van der Waals surface area contributed by atoms with E-state index in [0.717, 1.165) is 5.56 Å². The number of nitrogens with zero attached hydrogens (tertiary/aromatic N) is 2. The number of methoxy groups -OCH3 is 1. The number of rotatable bonds is 6. The largest absolute Gasteiger partial charge is 0.497 e. The molecule has 4 atom stereocenters. The van der Waals surface area contributed by atoms with Crippen molar-refractivity contribution in [3.63, 3.8) is 0 Å². The molecule has 4 aromatic carbocycles. The van der Waals surface area contributed by atoms with Gasteiger partial charge in [0.25, 0.3) is 5.69 Å². The predicted molar refractivity (Wildman–Crippen MR) is 161 cm³/mol. The van der Waals surface area contributed by atoms with Gasteiger partial charge in [-0.2, -0.15) is 0 Å². The second-order valence-electron chi connectivity index (χ2n) is 10.8. The molecule has 212 valence electrons. The Balaban J connectivity index is 1.53. The number of amides is 1. The first-order valence-corrected chi connectivity index (χ1v) is 13.8. The van der Waals surface area contributed by atoms with Crippen LogP contribution in [0.5, 0.6) is 5.75 Å². The van der Waals surface area contributed by atoms with E-state index in [-0.39, 0.29) is 17.0 Å². The minimum Gasteiger partial charge on any atom is -0.497 e. The van der Waals surface area contributed by atoms with Crippen molar-refractivity contribution >= 4 is 40.6 Å². The molecule has 0 saturated carbocycles. The lowest BCUT2D eigenvalue weighted by Crippen LogP contribution is -2.51. The minimum atomic E-state index is -1.51. The molecule has 1 fully saturated rings. The zero-order chi connectivity index (χ0) is 29.9. The van der Waals surface area contributed by atoms with E-state index in [1.807, 2.05) is 47.4 Å². The number of carbonyl (C=O) groups excluding carboxylic acids is 3. The maximum Gasteiger partial charge on any atom is 0.270 e. The molecule has 1 amide bonds. The number of hydrogen-bond donors (Lipinski definition) is 1. The Morgan fingerprint density at radius 3 is 2.42 bits per heavy atom. The van der Waals surface area contributed by atoms with Crippen LogP contribution in [0, 0.1) is 16.0 Å². The molecule has 0 bridgehead atoms. The Hall–Kier alpha value is -5.57. The Labute approximate surface area is 246 Å². The van der Waals surface area contributed by atoms with Crippen molar-refractivity contribution in [3.05, 3.63) is 136 Å². The normalized spacial score (nSPS) is 22.9. The summed E-state index contributed by atoms with van der Waals surface area (Å²) in [5.41, 5.74) is 1.31. The fourth-order valence-electron chi connectivity index (χ4n) is 7.02. The van der Waals surface area contributed by atoms with Gasteiger partial charge in [-0.1, -0.05) is 72.8 Å². The number of benzene rings is 4. The predicted octanol–water partition coefficient (Wildman–Crippen LogP) is 5.46. The van der Waals surface area contributed by atoms with Crippen molar-refractivity contribution in [3.8, 4) is 5.75 Å². The SMILES string of the molecule is COc1cccc(C(=O)[C@@H]2[C@H](C(=O)c3cccc([N+](=O)[O-])c3)[C@]3(C(=O)Nc4ccccc43)[C@@H]3C=Cc4ccccc4N23)c1. The Morgan fingerprint density at radius 2 is 1.63 bits per heavy atom. The van der Waals surface area contributed by atoms with Crippen molar-refractivity contribution in [1.29, 1.82) is 0 Å². The standard InChI is InChI=1S/C34H25N3O6/c1-43-24-12-7-10-22(19-24)32(39)30-29(31(38)21-9-6-11-23(18-21)37(41)42)34(25-13-3-4-14-26(25)35-33(34)40)28-17-16-20-8-2-5-15-27(20)36(28)30/h2-19,28-30H,1H3,(H,35,40)/t28-,29+,30-,34+/m0/s1. The molecular formula is C34H25N3O6. The number of nitro groups is 1. The van der Waals surface area contributed by atoms with Crippen molar-refractivity contribution < 1.29 is 24.0 Å². The van der Waals surface area contributed by atoms with Gasteiger partial charge < -0.3 is 15.0 Å². The van der Waals surface area contributed by atoms with Crippen molar-refractivity contribution in [2.75, 3.05) is 17.3 Å². The van der Waals surface area contributed by atoms with Crippen molar-refractivity contribution in [1.82, 2.24) is 0 Å². The number of fused-ring (bicyclic) bond motifs is 6. The van der Waals surface area contributed by atoms with Crippen molar-refractivity contribution in [2.45, 2.75) is 17.5 Å². The molecule has 3 aliphatic rings. The highest BCUT2D eigenvalue weighted by Crippen LogP contribution is 2.58. The number of nitro benzene ring substituents is 1. The molecule has 1 spiro atoms. The molecule has 4 aromatic rings. The number of hydrogen-bond acceptors (Lipinski definition) is 7. The Morgan fingerprint density at radius 1 is 0.907 bits per heavy atom. The van der Waals surface area contributed by atoms with E-state index >= 15 is 0 Å². The van der Waals surface area contributed by atoms with Crippen LogP contribution >= 0.6 is 0 Å². The monoisotopic (exact) mass is 571 g/mol. The van der Waals surface area contributed by atoms with Gasteiger partial charge in [0.2, 0.25) is 5.91 Å². The minimum absolute atomic E-state index is 0.0521. The second kappa shape index (κ2) is 9.77. The van der Waals surface area contributed by atoms with Crippen LogP contribution in [0.4, 0.5) is 17.1 Å². The molecule has 0 aromatic heterocycles. The second-order valence-corrected chi connectivity index (χ2v) is 10.8. The van der Waals surface area contributed by atoms with Crippen LogP contribution in [-0.4, -0.2) is 41.6 Å². The van der Waals surface area contributed by atoms with Gasteiger partial charge in [0.1, 0.15) is 17.2 Å². The smallest absolute Gasteiger partial charge is 0.270 e. The van der Waals surface area contributed by atoms with Crippen LogP contribution in [0.25, 0.3) is 6.08 Å². The number of para-hydroxylation sites is 2. The molecule has 1 N–H and O–H groups in total. The highest BCUT2D eigenvalue weighted by molar-refractivity contribution is 6.18. The van der Waals surface area contributed by atoms with E-state index in [2.05, 4.69) is 5.32 Å². The summed E-state index contributed by atoms with van der Waals surface area (Å²) in [6.45, 7) is 0. The van der Waals surface area contributed by atoms with E-state index in [9.17, 15) is 24.5 Å². The molecule has 7 rings (SSSR count). The quantitative estimate of drug-likeness (QED) is 0.185. The van der Waals surface area contributed by atoms with Crippen LogP contribution in [0.15, 0.2) is 103 Å². The lowest BCUT2D eigenvalue weighted by molar-refractivity contribution is -0.384. The van der Waals surface area contributed by atoms with Gasteiger partial charge in [0.15, 0.2) is 11.6 Å². The van der Waals surface area contributed by atoms with Crippen molar-refractivity contribution in [2.24, 2.45) is 5.92 Å². The Kier molecular flexibility index (Phi) is 5.98. The fraction of sp³-hybridized carbons (Fsp3) is 0.147. The zero-order valence-corrected chi connectivity index (χ0v) is 23.0. The summed E-state index contributed by atoms with van der Waals surface area (Å²) in [7, 11) is 1.50. The number of anilines is 2. The summed E-state index contributed by atoms with van der Waals surface area (Å²) in [6.07, 6.45) is 3.80. The van der Waals surface area contributed by atoms with E-state index in [1.54, 1.807) is 42.5 Å². The molecule has 3 aliphatic heterocycles. The van der Waals surface area contributed by atoms with Gasteiger partial charge >= 0.3 is 0 Å². The summed E-state index contributed by atoms with van der Waals surface area (Å²) < 4.78 is 5.39. The number of nitrogens with one attached hydrogen (secondary N) is 1. The maximum atomic E-state index is 14.8. The number of non-ortho nitro benzene ring substituents is 1. The van der Waals surface area contributed by atoms with E-state index in [1.165, 1.54) is 31.4 Å². The topological polar surface area (TPSA) is 119 Å². The van der Waals surface area contributed by atoms with Gasteiger partial charge in [-0.25, -0.2) is 0 Å². The molecular weight excluding hydrogens is 546 g/mol. The Bertz CT molecular complexity index is 1880. The van der Waals surface area contributed by atoms with Gasteiger partial charge in [-0.3, -0.25) is 24.5 Å². The highest BCUT2D eigenvalue weighted by Gasteiger charge is 2.70. The van der Waals surface area contributed by atoms with Crippen LogP contribution in [0.1, 0.15) is 31.8 Å². The number of ether oxygens (including phenoxy) is 1. The van der Waals surface area contributed by atoms with Crippen LogP contribution < -0.4 is 15.0 Å². The third-order valence-corrected chi connectivity index (χ3v) is 8.79. The number of carbonyl (C=O) groups is 3. The molecule has 0 radical (unpaired) electrons. The van der Waals surface area contributed by atoms with Gasteiger partial charge in [-0.15, -0.1) is 0 Å². The lowest BCUT2D eigenvalue weighted by Gasteiger charge is -2.37. The number of Topliss-reactive ketones (excluding diaryl/α,β-unsaturated/α-hetero) is 2. The van der Waals surface area contributed by atoms with Gasteiger partial charge in [0, 0.05) is 34.6 Å². The van der Waals surface area contributed by atoms with Crippen LogP contribution in [0.3, 0.4) is 0 Å². The molecule has 0 unspecified atom stereocenters. The summed E-state index contributed by atoms with van der Waals surface area (Å²) in [5.74, 6) is -2.07. The van der Waals surface area contributed by atoms with E-state index in [0.29, 0.717) is 28.3 Å². The lowest BCUT2D eigenvalue weighted by atomic mass is 9.64. The average Bonchev–Trinajstić information content (AvgIpc) is 3.52. The maximum absolute atomic E-state index is 14.8. The fourth-order valence-corrected chi connectivity index (χ4v) is 7.02. The summed E-state index contributed by atoms with van der Waals surface area (Å²) in [5, 5.41) is 14.6. The molecule has 0 aliphatic carbocycles. The zero-order valence-electron chi connectivity index (χ0n) is 23.0. The van der Waals surface area contributed by atoms with Gasteiger partial charge in [0.05, 0.1) is 24.0 Å². The number of ketones is 2. The van der Waals surface area contributed by atoms with Crippen LogP contribution in [0.2, 0.25) is 0 Å². The average molecular weight is 572 g/mol. The summed E-state index contributed by atoms with van der Waals surface area (Å²) >= 11 is 0. The summed E-state index contributed by atoms with van der Waals surface area (Å²) in [4.78, 5) is 57.0. The van der Waals surface area contributed by atoms with Gasteiger partial charge in [-0.05, 0) is 35.4 Å². The molecule has 9 heteroatoms. The first-order chi connectivity index (χ1) is 20.9. The molecule has 43 heavy (non-hydrogen) atoms. The van der Waals surface area contributed by atoms with Crippen LogP contribution in [-0.2, 0) is 10.2 Å². The third-order valence-electron chi connectivity index (χ3n) is 8.79.